The fourth-order valence-electron chi connectivity index (χ4n) is 1.57. The van der Waals surface area contributed by atoms with E-state index < -0.39 is 0 Å². The number of rotatable bonds is 3. The van der Waals surface area contributed by atoms with Crippen LogP contribution >= 0.6 is 0 Å². The third kappa shape index (κ3) is 2.91. The highest BCUT2D eigenvalue weighted by atomic mass is 35.5. The van der Waals surface area contributed by atoms with Gasteiger partial charge in [0.2, 0.25) is 0 Å². The third-order valence-electron chi connectivity index (χ3n) is 2.32. The summed E-state index contributed by atoms with van der Waals surface area (Å²) in [6.07, 6.45) is 4.98. The summed E-state index contributed by atoms with van der Waals surface area (Å²) in [5.74, 6) is 0. The number of halogens is 1. The molecule has 3 heteroatoms. The maximum absolute atomic E-state index is 8.73. The second-order valence-electron chi connectivity index (χ2n) is 3.39. The zero-order valence-corrected chi connectivity index (χ0v) is 9.19. The Bertz CT molecular complexity index is 431. The lowest BCUT2D eigenvalue weighted by Gasteiger charge is -1.97. The summed E-state index contributed by atoms with van der Waals surface area (Å²) in [6.45, 7) is 1.13. The first-order valence-electron chi connectivity index (χ1n) is 4.89. The molecule has 0 atom stereocenters. The summed E-state index contributed by atoms with van der Waals surface area (Å²) >= 11 is 0. The van der Waals surface area contributed by atoms with Gasteiger partial charge in [0.15, 0.2) is 18.9 Å². The molecule has 0 amide bonds. The fourth-order valence-corrected chi connectivity index (χ4v) is 1.57. The Balaban J connectivity index is 0.00000112. The van der Waals surface area contributed by atoms with Crippen molar-refractivity contribution in [2.45, 2.75) is 13.0 Å². The van der Waals surface area contributed by atoms with Crippen LogP contribution in [0.4, 0.5) is 0 Å². The standard InChI is InChI=1S/C12H14NO.ClH/c14-9-3-7-13-8-6-11-4-1-2-5-12(11)10-13;/h1-2,4-6,8,10,14H,3,7,9H2;1H/q+1;/p-1. The second kappa shape index (κ2) is 5.69. The molecule has 1 heterocycles. The quantitative estimate of drug-likeness (QED) is 0.631. The molecule has 0 spiro atoms. The summed E-state index contributed by atoms with van der Waals surface area (Å²) in [6, 6.07) is 10.4. The molecule has 2 nitrogen and oxygen atoms in total. The minimum Gasteiger partial charge on any atom is -1.00 e. The van der Waals surface area contributed by atoms with Crippen molar-refractivity contribution < 1.29 is 22.1 Å². The summed E-state index contributed by atoms with van der Waals surface area (Å²) in [7, 11) is 0. The van der Waals surface area contributed by atoms with Gasteiger partial charge in [-0.05, 0) is 11.5 Å². The zero-order valence-electron chi connectivity index (χ0n) is 8.44. The van der Waals surface area contributed by atoms with Crippen LogP contribution in [0, 0.1) is 0 Å². The normalized spacial score (nSPS) is 9.93. The van der Waals surface area contributed by atoms with Gasteiger partial charge in [0.25, 0.3) is 0 Å². The number of hydrogen-bond donors (Lipinski definition) is 1. The van der Waals surface area contributed by atoms with E-state index >= 15 is 0 Å². The maximum atomic E-state index is 8.73. The number of aliphatic hydroxyl groups is 1. The van der Waals surface area contributed by atoms with E-state index in [0.29, 0.717) is 0 Å². The molecular weight excluding hydrogens is 210 g/mol. The van der Waals surface area contributed by atoms with Crippen LogP contribution in [0.5, 0.6) is 0 Å². The molecule has 1 aromatic carbocycles. The van der Waals surface area contributed by atoms with Crippen LogP contribution in [-0.2, 0) is 6.54 Å². The van der Waals surface area contributed by atoms with Gasteiger partial charge in [-0.15, -0.1) is 0 Å². The van der Waals surface area contributed by atoms with Crippen LogP contribution in [-0.4, -0.2) is 11.7 Å². The highest BCUT2D eigenvalue weighted by Gasteiger charge is 2.01. The number of aliphatic hydroxyl groups excluding tert-OH is 1. The third-order valence-corrected chi connectivity index (χ3v) is 2.32. The molecule has 1 N–H and O–H groups in total. The largest absolute Gasteiger partial charge is 1.00 e. The molecule has 0 radical (unpaired) electrons. The Morgan fingerprint density at radius 1 is 1.07 bits per heavy atom. The Morgan fingerprint density at radius 3 is 2.53 bits per heavy atom. The number of benzene rings is 1. The van der Waals surface area contributed by atoms with Crippen LogP contribution in [0.25, 0.3) is 10.8 Å². The van der Waals surface area contributed by atoms with Gasteiger partial charge in [-0.25, -0.2) is 4.57 Å². The predicted molar refractivity (Wildman–Crippen MR) is 55.8 cm³/mol. The lowest BCUT2D eigenvalue weighted by atomic mass is 10.2. The molecule has 0 aliphatic rings. The highest BCUT2D eigenvalue weighted by Crippen LogP contribution is 2.09. The SMILES string of the molecule is OCCC[n+]1ccc2ccccc2c1.[Cl-]. The lowest BCUT2D eigenvalue weighted by Crippen LogP contribution is -3.00. The molecule has 0 saturated heterocycles. The number of nitrogens with zero attached hydrogens (tertiary/aromatic N) is 1. The zero-order chi connectivity index (χ0) is 9.80. The maximum Gasteiger partial charge on any atom is 0.176 e. The molecule has 0 aliphatic heterocycles. The van der Waals surface area contributed by atoms with E-state index in [2.05, 4.69) is 35.2 Å². The molecule has 2 aromatic rings. The van der Waals surface area contributed by atoms with Crippen molar-refractivity contribution in [3.63, 3.8) is 0 Å². The van der Waals surface area contributed by atoms with E-state index in [4.69, 9.17) is 5.11 Å². The Hall–Kier alpha value is -1.12. The first kappa shape index (κ1) is 12.0. The van der Waals surface area contributed by atoms with Gasteiger partial charge in [0.1, 0.15) is 0 Å². The molecule has 2 rings (SSSR count). The lowest BCUT2D eigenvalue weighted by molar-refractivity contribution is -0.696. The van der Waals surface area contributed by atoms with Crippen LogP contribution < -0.4 is 17.0 Å². The molecule has 15 heavy (non-hydrogen) atoms. The van der Waals surface area contributed by atoms with Gasteiger partial charge in [-0.1, -0.05) is 18.2 Å². The smallest absolute Gasteiger partial charge is 0.176 e. The van der Waals surface area contributed by atoms with Crippen molar-refractivity contribution in [1.82, 2.24) is 0 Å². The Morgan fingerprint density at radius 2 is 1.80 bits per heavy atom. The van der Waals surface area contributed by atoms with E-state index in [1.165, 1.54) is 10.8 Å². The first-order valence-corrected chi connectivity index (χ1v) is 4.89. The molecule has 0 unspecified atom stereocenters. The molecular formula is C12H14ClNO. The van der Waals surface area contributed by atoms with Crippen molar-refractivity contribution >= 4 is 10.8 Å². The molecule has 80 valence electrons. The van der Waals surface area contributed by atoms with Crippen molar-refractivity contribution in [3.8, 4) is 0 Å². The van der Waals surface area contributed by atoms with Gasteiger partial charge in [0.05, 0.1) is 0 Å². The first-order chi connectivity index (χ1) is 6.90. The van der Waals surface area contributed by atoms with E-state index in [0.717, 1.165) is 13.0 Å². The predicted octanol–water partition coefficient (Wildman–Crippen LogP) is -1.49. The average Bonchev–Trinajstić information content (AvgIpc) is 2.26. The average molecular weight is 224 g/mol. The van der Waals surface area contributed by atoms with Gasteiger partial charge >= 0.3 is 0 Å². The second-order valence-corrected chi connectivity index (χ2v) is 3.39. The van der Waals surface area contributed by atoms with Gasteiger partial charge in [-0.2, -0.15) is 0 Å². The number of aromatic nitrogens is 1. The number of aryl methyl sites for hydroxylation is 1. The monoisotopic (exact) mass is 223 g/mol. The highest BCUT2D eigenvalue weighted by molar-refractivity contribution is 5.80. The number of fused-ring (bicyclic) bond motifs is 1. The van der Waals surface area contributed by atoms with E-state index in [1.807, 2.05) is 12.1 Å². The van der Waals surface area contributed by atoms with Gasteiger partial charge in [0, 0.05) is 24.5 Å². The minimum atomic E-state index is 0. The van der Waals surface area contributed by atoms with Crippen LogP contribution in [0.3, 0.4) is 0 Å². The van der Waals surface area contributed by atoms with Gasteiger partial charge in [-0.3, -0.25) is 0 Å². The van der Waals surface area contributed by atoms with E-state index in [9.17, 15) is 0 Å². The van der Waals surface area contributed by atoms with Crippen molar-refractivity contribution in [3.05, 3.63) is 42.7 Å². The van der Waals surface area contributed by atoms with Gasteiger partial charge < -0.3 is 17.5 Å². The van der Waals surface area contributed by atoms with Crippen molar-refractivity contribution in [2.75, 3.05) is 6.61 Å². The van der Waals surface area contributed by atoms with Crippen LogP contribution in [0.2, 0.25) is 0 Å². The van der Waals surface area contributed by atoms with Crippen LogP contribution in [0.1, 0.15) is 6.42 Å². The topological polar surface area (TPSA) is 24.1 Å². The molecule has 0 bridgehead atoms. The molecule has 0 aliphatic carbocycles. The number of pyridine rings is 1. The van der Waals surface area contributed by atoms with E-state index in [1.54, 1.807) is 0 Å². The van der Waals surface area contributed by atoms with E-state index in [-0.39, 0.29) is 19.0 Å². The minimum absolute atomic E-state index is 0. The molecule has 0 saturated carbocycles. The van der Waals surface area contributed by atoms with Crippen molar-refractivity contribution in [2.24, 2.45) is 0 Å². The molecule has 1 aromatic heterocycles. The number of hydrogen-bond acceptors (Lipinski definition) is 1. The van der Waals surface area contributed by atoms with Crippen LogP contribution in [0.15, 0.2) is 42.7 Å². The summed E-state index contributed by atoms with van der Waals surface area (Å²) in [5, 5.41) is 11.2. The summed E-state index contributed by atoms with van der Waals surface area (Å²) in [4.78, 5) is 0. The molecule has 0 fully saturated rings. The Kier molecular flexibility index (Phi) is 4.53. The Labute approximate surface area is 95.6 Å². The summed E-state index contributed by atoms with van der Waals surface area (Å²) in [5.41, 5.74) is 0. The fraction of sp³-hybridized carbons (Fsp3) is 0.250. The summed E-state index contributed by atoms with van der Waals surface area (Å²) < 4.78 is 2.11. The van der Waals surface area contributed by atoms with Crippen molar-refractivity contribution in [1.29, 1.82) is 0 Å².